The van der Waals surface area contributed by atoms with Crippen molar-refractivity contribution in [3.63, 3.8) is 0 Å². The molecule has 0 unspecified atom stereocenters. The van der Waals surface area contributed by atoms with Gasteiger partial charge in [0.1, 0.15) is 15.9 Å². The lowest BCUT2D eigenvalue weighted by molar-refractivity contribution is 0.0980. The normalized spacial score (nSPS) is 14.0. The predicted molar refractivity (Wildman–Crippen MR) is 77.0 cm³/mol. The summed E-state index contributed by atoms with van der Waals surface area (Å²) >= 11 is 0. The van der Waals surface area contributed by atoms with Gasteiger partial charge in [0.2, 0.25) is 0 Å². The van der Waals surface area contributed by atoms with Crippen molar-refractivity contribution in [1.82, 2.24) is 15.4 Å². The van der Waals surface area contributed by atoms with E-state index in [4.69, 9.17) is 0 Å². The van der Waals surface area contributed by atoms with Crippen LogP contribution in [-0.2, 0) is 10.1 Å². The van der Waals surface area contributed by atoms with Crippen LogP contribution in [0.4, 0.5) is 0 Å². The highest BCUT2D eigenvalue weighted by Gasteiger charge is 2.35. The van der Waals surface area contributed by atoms with Gasteiger partial charge in [0.15, 0.2) is 11.6 Å². The highest BCUT2D eigenvalue weighted by atomic mass is 32.2. The minimum absolute atomic E-state index is 0.0233. The minimum atomic E-state index is -4.64. The summed E-state index contributed by atoms with van der Waals surface area (Å²) in [5.74, 6) is -0.957. The number of carbonyl (C=O) groups is 2. The molecular weight excluding hydrogens is 322 g/mol. The second-order valence-electron chi connectivity index (χ2n) is 5.00. The Balaban J connectivity index is 2.18. The largest absolute Gasteiger partial charge is 0.296 e. The van der Waals surface area contributed by atoms with Crippen LogP contribution in [0, 0.1) is 0 Å². The minimum Gasteiger partial charge on any atom is -0.289 e. The highest BCUT2D eigenvalue weighted by Crippen LogP contribution is 2.34. The van der Waals surface area contributed by atoms with Crippen LogP contribution in [0.3, 0.4) is 0 Å². The van der Waals surface area contributed by atoms with Crippen LogP contribution in [0.2, 0.25) is 0 Å². The molecule has 3 aromatic rings. The molecule has 2 aromatic carbocycles. The monoisotopic (exact) mass is 329 g/mol. The Labute approximate surface area is 128 Å². The van der Waals surface area contributed by atoms with Gasteiger partial charge in [-0.3, -0.25) is 14.1 Å². The number of hydrogen-bond donors (Lipinski definition) is 2. The summed E-state index contributed by atoms with van der Waals surface area (Å²) in [4.78, 5) is 24.7. The van der Waals surface area contributed by atoms with Gasteiger partial charge in [0.05, 0.1) is 5.56 Å². The first-order valence-corrected chi connectivity index (χ1v) is 7.87. The number of nitrogens with one attached hydrogen (secondary N) is 1. The zero-order valence-corrected chi connectivity index (χ0v) is 12.1. The van der Waals surface area contributed by atoms with E-state index in [9.17, 15) is 22.6 Å². The maximum atomic E-state index is 12.7. The fraction of sp³-hybridized carbons (Fsp3) is 0. The number of carbonyl (C=O) groups excluding carboxylic acids is 2. The molecule has 23 heavy (non-hydrogen) atoms. The van der Waals surface area contributed by atoms with Crippen molar-refractivity contribution < 1.29 is 22.6 Å². The summed E-state index contributed by atoms with van der Waals surface area (Å²) < 4.78 is 32.4. The summed E-state index contributed by atoms with van der Waals surface area (Å²) in [7, 11) is -4.64. The molecule has 0 saturated carbocycles. The SMILES string of the molecule is O=C1c2ccccc2C(=O)c2c1cc(S(=O)(=O)O)c1n[nH]nc21. The van der Waals surface area contributed by atoms with Crippen molar-refractivity contribution in [1.29, 1.82) is 0 Å². The number of ketones is 2. The lowest BCUT2D eigenvalue weighted by Crippen LogP contribution is -2.22. The summed E-state index contributed by atoms with van der Waals surface area (Å²) in [6.45, 7) is 0. The summed E-state index contributed by atoms with van der Waals surface area (Å²) in [5.41, 5.74) is -0.00891. The van der Waals surface area contributed by atoms with Gasteiger partial charge in [0, 0.05) is 16.7 Å². The Kier molecular flexibility index (Phi) is 2.57. The molecule has 1 heterocycles. The average Bonchev–Trinajstić information content (AvgIpc) is 2.99. The standard InChI is InChI=1S/C14H7N3O5S/c18-13-6-3-1-2-4-7(6)14(19)10-8(13)5-9(23(20,21)22)11-12(10)16-17-15-11/h1-5H,(H,15,16,17)(H,20,21,22). The van der Waals surface area contributed by atoms with Crippen molar-refractivity contribution >= 4 is 32.7 Å². The lowest BCUT2D eigenvalue weighted by atomic mass is 9.83. The van der Waals surface area contributed by atoms with E-state index in [2.05, 4.69) is 15.4 Å². The summed E-state index contributed by atoms with van der Waals surface area (Å²) in [6.07, 6.45) is 0. The first-order valence-electron chi connectivity index (χ1n) is 6.43. The van der Waals surface area contributed by atoms with Gasteiger partial charge in [-0.15, -0.1) is 0 Å². The van der Waals surface area contributed by atoms with Crippen LogP contribution in [0.25, 0.3) is 11.0 Å². The molecule has 0 spiro atoms. The third-order valence-electron chi connectivity index (χ3n) is 3.73. The number of benzene rings is 2. The Bertz CT molecular complexity index is 1130. The quantitative estimate of drug-likeness (QED) is 0.498. The van der Waals surface area contributed by atoms with Gasteiger partial charge < -0.3 is 0 Å². The third kappa shape index (κ3) is 1.77. The Morgan fingerprint density at radius 1 is 0.913 bits per heavy atom. The fourth-order valence-electron chi connectivity index (χ4n) is 2.74. The molecule has 0 radical (unpaired) electrons. The number of nitrogens with zero attached hydrogens (tertiary/aromatic N) is 2. The van der Waals surface area contributed by atoms with Crippen LogP contribution in [0.1, 0.15) is 31.8 Å². The van der Waals surface area contributed by atoms with E-state index in [-0.39, 0.29) is 33.3 Å². The molecule has 1 aliphatic rings. The molecule has 0 aliphatic heterocycles. The van der Waals surface area contributed by atoms with Crippen molar-refractivity contribution in [2.24, 2.45) is 0 Å². The van der Waals surface area contributed by atoms with E-state index in [1.807, 2.05) is 0 Å². The zero-order chi connectivity index (χ0) is 16.4. The Morgan fingerprint density at radius 2 is 1.52 bits per heavy atom. The van der Waals surface area contributed by atoms with Crippen LogP contribution >= 0.6 is 0 Å². The molecule has 0 bridgehead atoms. The van der Waals surface area contributed by atoms with Gasteiger partial charge in [-0.1, -0.05) is 24.3 Å². The molecule has 8 nitrogen and oxygen atoms in total. The summed E-state index contributed by atoms with van der Waals surface area (Å²) in [5, 5.41) is 9.67. The van der Waals surface area contributed by atoms with Crippen LogP contribution < -0.4 is 0 Å². The van der Waals surface area contributed by atoms with E-state index < -0.39 is 26.6 Å². The van der Waals surface area contributed by atoms with E-state index in [0.29, 0.717) is 0 Å². The van der Waals surface area contributed by atoms with Gasteiger partial charge in [0.25, 0.3) is 10.1 Å². The average molecular weight is 329 g/mol. The van der Waals surface area contributed by atoms with Crippen molar-refractivity contribution in [2.75, 3.05) is 0 Å². The highest BCUT2D eigenvalue weighted by molar-refractivity contribution is 7.86. The van der Waals surface area contributed by atoms with Gasteiger partial charge >= 0.3 is 0 Å². The molecule has 0 amide bonds. The van der Waals surface area contributed by atoms with E-state index >= 15 is 0 Å². The molecule has 114 valence electrons. The van der Waals surface area contributed by atoms with Crippen molar-refractivity contribution in [2.45, 2.75) is 4.90 Å². The molecule has 0 atom stereocenters. The Morgan fingerprint density at radius 3 is 2.17 bits per heavy atom. The van der Waals surface area contributed by atoms with Gasteiger partial charge in [-0.25, -0.2) is 0 Å². The van der Waals surface area contributed by atoms with Crippen molar-refractivity contribution in [3.8, 4) is 0 Å². The molecule has 4 rings (SSSR count). The van der Waals surface area contributed by atoms with E-state index in [0.717, 1.165) is 6.07 Å². The zero-order valence-electron chi connectivity index (χ0n) is 11.3. The number of rotatable bonds is 1. The lowest BCUT2D eigenvalue weighted by Gasteiger charge is -2.17. The first kappa shape index (κ1) is 13.7. The van der Waals surface area contributed by atoms with Gasteiger partial charge in [-0.2, -0.15) is 23.8 Å². The fourth-order valence-corrected chi connectivity index (χ4v) is 3.39. The number of aromatic amines is 1. The van der Waals surface area contributed by atoms with E-state index in [1.165, 1.54) is 12.1 Å². The number of hydrogen-bond acceptors (Lipinski definition) is 6. The smallest absolute Gasteiger partial charge is 0.289 e. The first-order chi connectivity index (χ1) is 10.9. The predicted octanol–water partition coefficient (Wildman–Crippen LogP) is 0.980. The molecule has 2 N–H and O–H groups in total. The molecule has 9 heteroatoms. The molecule has 0 saturated heterocycles. The maximum absolute atomic E-state index is 12.7. The molecule has 1 aliphatic carbocycles. The topological polar surface area (TPSA) is 130 Å². The van der Waals surface area contributed by atoms with Crippen LogP contribution in [0.15, 0.2) is 35.2 Å². The maximum Gasteiger partial charge on any atom is 0.296 e. The number of fused-ring (bicyclic) bond motifs is 4. The van der Waals surface area contributed by atoms with Crippen LogP contribution in [-0.4, -0.2) is 39.9 Å². The van der Waals surface area contributed by atoms with Crippen molar-refractivity contribution in [3.05, 3.63) is 52.6 Å². The van der Waals surface area contributed by atoms with E-state index in [1.54, 1.807) is 12.1 Å². The molecule has 0 fully saturated rings. The Hall–Kier alpha value is -2.91. The summed E-state index contributed by atoms with van der Waals surface area (Å²) in [6, 6.07) is 7.19. The number of H-pyrrole nitrogens is 1. The van der Waals surface area contributed by atoms with Gasteiger partial charge in [-0.05, 0) is 6.07 Å². The molecular formula is C14H7N3O5S. The molecule has 1 aromatic heterocycles. The second kappa shape index (κ2) is 4.31. The second-order valence-corrected chi connectivity index (χ2v) is 6.39. The number of aromatic nitrogens is 3. The van der Waals surface area contributed by atoms with Crippen LogP contribution in [0.5, 0.6) is 0 Å². The third-order valence-corrected chi connectivity index (χ3v) is 4.60.